The molecule has 0 spiro atoms. The van der Waals surface area contributed by atoms with Gasteiger partial charge < -0.3 is 20.7 Å². The Bertz CT molecular complexity index is 682. The van der Waals surface area contributed by atoms with Gasteiger partial charge >= 0.3 is 0 Å². The fraction of sp³-hybridized carbons (Fsp3) is 0.652. The van der Waals surface area contributed by atoms with Crippen LogP contribution in [0.2, 0.25) is 0 Å². The fourth-order valence-corrected chi connectivity index (χ4v) is 3.75. The second kappa shape index (κ2) is 14.6. The molecule has 0 radical (unpaired) electrons. The van der Waals surface area contributed by atoms with E-state index < -0.39 is 0 Å². The molecule has 8 heteroatoms. The van der Waals surface area contributed by atoms with E-state index in [4.69, 9.17) is 4.74 Å². The van der Waals surface area contributed by atoms with Crippen molar-refractivity contribution in [2.75, 3.05) is 32.1 Å². The molecule has 1 atom stereocenters. The van der Waals surface area contributed by atoms with Crippen molar-refractivity contribution >= 4 is 41.5 Å². The lowest BCUT2D eigenvalue weighted by atomic mass is 10.2. The molecule has 1 unspecified atom stereocenters. The summed E-state index contributed by atoms with van der Waals surface area (Å²) >= 11 is 0. The minimum absolute atomic E-state index is 0. The van der Waals surface area contributed by atoms with Crippen molar-refractivity contribution in [3.63, 3.8) is 0 Å². The Labute approximate surface area is 204 Å². The standard InChI is InChI=1S/C23H39N5O2.HI/c1-17(2)28(18(3)4)13-8-12-25-23(24-5)26-16-19-9-6-10-20(15-19)27-22(29)21-11-7-14-30-21;/h6,9-10,15,17-18,21H,7-8,11-14,16H2,1-5H3,(H,27,29)(H2,24,25,26);1H. The lowest BCUT2D eigenvalue weighted by Crippen LogP contribution is -2.41. The van der Waals surface area contributed by atoms with E-state index in [1.54, 1.807) is 7.05 Å². The van der Waals surface area contributed by atoms with E-state index in [9.17, 15) is 4.79 Å². The quantitative estimate of drug-likeness (QED) is 0.181. The summed E-state index contributed by atoms with van der Waals surface area (Å²) in [6, 6.07) is 8.97. The van der Waals surface area contributed by atoms with Gasteiger partial charge in [-0.2, -0.15) is 0 Å². The number of amides is 1. The molecule has 2 rings (SSSR count). The summed E-state index contributed by atoms with van der Waals surface area (Å²) in [5, 5.41) is 9.68. The number of rotatable bonds is 10. The van der Waals surface area contributed by atoms with Gasteiger partial charge in [0.1, 0.15) is 6.10 Å². The fourth-order valence-electron chi connectivity index (χ4n) is 3.75. The molecular formula is C23H40IN5O2. The molecule has 176 valence electrons. The second-order valence-electron chi connectivity index (χ2n) is 8.32. The van der Waals surface area contributed by atoms with Gasteiger partial charge in [-0.25, -0.2) is 0 Å². The van der Waals surface area contributed by atoms with E-state index in [-0.39, 0.29) is 36.0 Å². The first-order chi connectivity index (χ1) is 14.4. The molecule has 3 N–H and O–H groups in total. The minimum atomic E-state index is -0.322. The van der Waals surface area contributed by atoms with Crippen LogP contribution in [0.1, 0.15) is 52.5 Å². The number of carbonyl (C=O) groups excluding carboxylic acids is 1. The van der Waals surface area contributed by atoms with Gasteiger partial charge in [0, 0.05) is 51.1 Å². The van der Waals surface area contributed by atoms with E-state index in [2.05, 4.69) is 53.5 Å². The Morgan fingerprint density at radius 1 is 1.23 bits per heavy atom. The smallest absolute Gasteiger partial charge is 0.253 e. The van der Waals surface area contributed by atoms with Crippen molar-refractivity contribution in [1.82, 2.24) is 15.5 Å². The SMILES string of the molecule is CN=C(NCCCN(C(C)C)C(C)C)NCc1cccc(NC(=O)C2CCCO2)c1.I. The lowest BCUT2D eigenvalue weighted by molar-refractivity contribution is -0.124. The van der Waals surface area contributed by atoms with Crippen LogP contribution in [0.4, 0.5) is 5.69 Å². The number of aliphatic imine (C=N–C) groups is 1. The van der Waals surface area contributed by atoms with Crippen LogP contribution in [-0.2, 0) is 16.1 Å². The van der Waals surface area contributed by atoms with Crippen molar-refractivity contribution in [2.24, 2.45) is 4.99 Å². The molecule has 0 saturated carbocycles. The molecule has 1 aliphatic rings. The van der Waals surface area contributed by atoms with Gasteiger partial charge in [-0.1, -0.05) is 12.1 Å². The monoisotopic (exact) mass is 545 g/mol. The van der Waals surface area contributed by atoms with Gasteiger partial charge in [0.15, 0.2) is 5.96 Å². The number of nitrogens with one attached hydrogen (secondary N) is 3. The molecule has 0 bridgehead atoms. The maximum absolute atomic E-state index is 12.2. The molecule has 1 aromatic rings. The van der Waals surface area contributed by atoms with Crippen LogP contribution < -0.4 is 16.0 Å². The topological polar surface area (TPSA) is 78.0 Å². The molecule has 1 fully saturated rings. The number of hydrogen-bond donors (Lipinski definition) is 3. The first kappa shape index (κ1) is 27.6. The molecule has 1 aliphatic heterocycles. The number of halogens is 1. The van der Waals surface area contributed by atoms with Crippen LogP contribution in [-0.4, -0.2) is 61.7 Å². The van der Waals surface area contributed by atoms with Gasteiger partial charge in [0.2, 0.25) is 0 Å². The highest BCUT2D eigenvalue weighted by atomic mass is 127. The Morgan fingerprint density at radius 3 is 2.58 bits per heavy atom. The van der Waals surface area contributed by atoms with E-state index in [0.717, 1.165) is 49.6 Å². The summed E-state index contributed by atoms with van der Waals surface area (Å²) in [6.07, 6.45) is 2.47. The summed E-state index contributed by atoms with van der Waals surface area (Å²) in [5.74, 6) is 0.719. The zero-order valence-corrected chi connectivity index (χ0v) is 21.9. The van der Waals surface area contributed by atoms with E-state index >= 15 is 0 Å². The zero-order chi connectivity index (χ0) is 21.9. The Hall–Kier alpha value is -1.39. The average Bonchev–Trinajstić information content (AvgIpc) is 3.25. The predicted molar refractivity (Wildman–Crippen MR) is 139 cm³/mol. The third-order valence-corrected chi connectivity index (χ3v) is 5.31. The van der Waals surface area contributed by atoms with Crippen LogP contribution in [0.15, 0.2) is 29.3 Å². The largest absolute Gasteiger partial charge is 0.368 e. The molecule has 1 amide bonds. The van der Waals surface area contributed by atoms with Crippen LogP contribution in [0.3, 0.4) is 0 Å². The molecule has 0 aromatic heterocycles. The van der Waals surface area contributed by atoms with E-state index in [1.165, 1.54) is 0 Å². The third kappa shape index (κ3) is 9.74. The Balaban J connectivity index is 0.00000480. The minimum Gasteiger partial charge on any atom is -0.368 e. The van der Waals surface area contributed by atoms with Crippen LogP contribution in [0.25, 0.3) is 0 Å². The molecule has 0 aliphatic carbocycles. The summed E-state index contributed by atoms with van der Waals surface area (Å²) in [5.41, 5.74) is 1.87. The highest BCUT2D eigenvalue weighted by molar-refractivity contribution is 14.0. The number of ether oxygens (including phenoxy) is 1. The maximum Gasteiger partial charge on any atom is 0.253 e. The lowest BCUT2D eigenvalue weighted by Gasteiger charge is -2.30. The van der Waals surface area contributed by atoms with Crippen molar-refractivity contribution in [2.45, 2.75) is 71.7 Å². The van der Waals surface area contributed by atoms with E-state index in [0.29, 0.717) is 25.2 Å². The first-order valence-electron chi connectivity index (χ1n) is 11.1. The van der Waals surface area contributed by atoms with Crippen LogP contribution >= 0.6 is 24.0 Å². The van der Waals surface area contributed by atoms with E-state index in [1.807, 2.05) is 24.3 Å². The molecule has 1 aromatic carbocycles. The normalized spacial score (nSPS) is 16.5. The third-order valence-electron chi connectivity index (χ3n) is 5.31. The van der Waals surface area contributed by atoms with Gasteiger partial charge in [0.25, 0.3) is 5.91 Å². The summed E-state index contributed by atoms with van der Waals surface area (Å²) in [6.45, 7) is 12.2. The molecule has 7 nitrogen and oxygen atoms in total. The number of hydrogen-bond acceptors (Lipinski definition) is 4. The number of nitrogens with zero attached hydrogens (tertiary/aromatic N) is 2. The van der Waals surface area contributed by atoms with Crippen LogP contribution in [0.5, 0.6) is 0 Å². The maximum atomic E-state index is 12.2. The van der Waals surface area contributed by atoms with Crippen molar-refractivity contribution < 1.29 is 9.53 Å². The zero-order valence-electron chi connectivity index (χ0n) is 19.6. The summed E-state index contributed by atoms with van der Waals surface area (Å²) in [7, 11) is 1.78. The number of anilines is 1. The highest BCUT2D eigenvalue weighted by Gasteiger charge is 2.23. The molecular weight excluding hydrogens is 505 g/mol. The highest BCUT2D eigenvalue weighted by Crippen LogP contribution is 2.16. The number of benzene rings is 1. The van der Waals surface area contributed by atoms with Crippen molar-refractivity contribution in [3.8, 4) is 0 Å². The van der Waals surface area contributed by atoms with Crippen molar-refractivity contribution in [3.05, 3.63) is 29.8 Å². The Kier molecular flexibility index (Phi) is 13.0. The molecule has 1 heterocycles. The number of carbonyl (C=O) groups is 1. The van der Waals surface area contributed by atoms with Crippen molar-refractivity contribution in [1.29, 1.82) is 0 Å². The summed E-state index contributed by atoms with van der Waals surface area (Å²) in [4.78, 5) is 19.0. The number of guanidine groups is 1. The summed E-state index contributed by atoms with van der Waals surface area (Å²) < 4.78 is 5.45. The first-order valence-corrected chi connectivity index (χ1v) is 11.1. The van der Waals surface area contributed by atoms with Crippen LogP contribution in [0, 0.1) is 0 Å². The predicted octanol–water partition coefficient (Wildman–Crippen LogP) is 3.60. The van der Waals surface area contributed by atoms with Gasteiger partial charge in [0.05, 0.1) is 0 Å². The Morgan fingerprint density at radius 2 is 1.97 bits per heavy atom. The second-order valence-corrected chi connectivity index (χ2v) is 8.32. The average molecular weight is 546 g/mol. The molecule has 1 saturated heterocycles. The van der Waals surface area contributed by atoms with Gasteiger partial charge in [-0.15, -0.1) is 24.0 Å². The molecule has 31 heavy (non-hydrogen) atoms. The van der Waals surface area contributed by atoms with Gasteiger partial charge in [-0.3, -0.25) is 14.7 Å². The van der Waals surface area contributed by atoms with Gasteiger partial charge in [-0.05, 0) is 64.7 Å².